The molecule has 0 rings (SSSR count). The van der Waals surface area contributed by atoms with Crippen molar-refractivity contribution in [3.05, 3.63) is 12.2 Å². The lowest BCUT2D eigenvalue weighted by molar-refractivity contribution is -0.116. The van der Waals surface area contributed by atoms with Crippen molar-refractivity contribution >= 4 is 12.0 Å². The van der Waals surface area contributed by atoms with Gasteiger partial charge in [0.2, 0.25) is 0 Å². The molecule has 0 radical (unpaired) electrons. The lowest BCUT2D eigenvalue weighted by Gasteiger charge is -2.06. The van der Waals surface area contributed by atoms with Gasteiger partial charge in [-0.2, -0.15) is 0 Å². The Morgan fingerprint density at radius 2 is 1.94 bits per heavy atom. The number of unbranched alkanes of at least 4 members (excludes halogenated alkanes) is 1. The third-order valence-electron chi connectivity index (χ3n) is 1.71. The molecule has 0 fully saturated rings. The summed E-state index contributed by atoms with van der Waals surface area (Å²) in [6.45, 7) is 8.11. The van der Waals surface area contributed by atoms with Crippen molar-refractivity contribution in [3.8, 4) is 0 Å². The highest BCUT2D eigenvalue weighted by Crippen LogP contribution is 1.89. The smallest absolute Gasteiger partial charge is 0.414 e. The first-order chi connectivity index (χ1) is 7.57. The molecule has 0 heterocycles. The van der Waals surface area contributed by atoms with Gasteiger partial charge in [0.25, 0.3) is 5.91 Å². The van der Waals surface area contributed by atoms with E-state index in [2.05, 4.69) is 13.5 Å². The molecular formula is C11H19NO4. The molecule has 0 saturated heterocycles. The van der Waals surface area contributed by atoms with Crippen LogP contribution in [0.2, 0.25) is 0 Å². The van der Waals surface area contributed by atoms with Gasteiger partial charge < -0.3 is 9.47 Å². The first kappa shape index (κ1) is 14.6. The normalized spacial score (nSPS) is 9.62. The van der Waals surface area contributed by atoms with Gasteiger partial charge in [0, 0.05) is 12.2 Å². The van der Waals surface area contributed by atoms with Crippen LogP contribution in [0.25, 0.3) is 0 Å². The summed E-state index contributed by atoms with van der Waals surface area (Å²) in [6.07, 6.45) is 1.28. The molecule has 0 aliphatic rings. The second-order valence-electron chi connectivity index (χ2n) is 3.34. The van der Waals surface area contributed by atoms with Crippen molar-refractivity contribution in [2.24, 2.45) is 0 Å². The standard InChI is InChI=1S/C11H19NO4/c1-4-5-6-15-7-8-16-11(14)12-10(13)9(2)3/h2,4-8H2,1,3H3,(H,12,13,14). The van der Waals surface area contributed by atoms with Crippen molar-refractivity contribution in [1.82, 2.24) is 5.32 Å². The van der Waals surface area contributed by atoms with Crippen molar-refractivity contribution in [3.63, 3.8) is 0 Å². The maximum Gasteiger partial charge on any atom is 0.414 e. The molecule has 0 atom stereocenters. The molecule has 0 aromatic carbocycles. The van der Waals surface area contributed by atoms with Gasteiger partial charge in [-0.3, -0.25) is 10.1 Å². The Balaban J connectivity index is 3.44. The minimum Gasteiger partial charge on any atom is -0.447 e. The maximum absolute atomic E-state index is 11.0. The molecule has 2 amide bonds. The number of carbonyl (C=O) groups excluding carboxylic acids is 2. The van der Waals surface area contributed by atoms with E-state index < -0.39 is 12.0 Å². The SMILES string of the molecule is C=C(C)C(=O)NC(=O)OCCOCCCC. The Morgan fingerprint density at radius 3 is 2.50 bits per heavy atom. The number of hydrogen-bond donors (Lipinski definition) is 1. The number of hydrogen-bond acceptors (Lipinski definition) is 4. The summed E-state index contributed by atoms with van der Waals surface area (Å²) in [6, 6.07) is 0. The highest BCUT2D eigenvalue weighted by Gasteiger charge is 2.08. The number of ether oxygens (including phenoxy) is 2. The van der Waals surface area contributed by atoms with Gasteiger partial charge in [0.05, 0.1) is 6.61 Å². The predicted octanol–water partition coefficient (Wildman–Crippen LogP) is 1.63. The van der Waals surface area contributed by atoms with Gasteiger partial charge in [-0.25, -0.2) is 4.79 Å². The summed E-state index contributed by atoms with van der Waals surface area (Å²) in [5.41, 5.74) is 0.260. The monoisotopic (exact) mass is 229 g/mol. The zero-order valence-corrected chi connectivity index (χ0v) is 9.88. The van der Waals surface area contributed by atoms with Crippen LogP contribution in [0.4, 0.5) is 4.79 Å². The van der Waals surface area contributed by atoms with Crippen molar-refractivity contribution in [1.29, 1.82) is 0 Å². The average Bonchev–Trinajstić information content (AvgIpc) is 2.23. The highest BCUT2D eigenvalue weighted by molar-refractivity contribution is 6.01. The van der Waals surface area contributed by atoms with Crippen molar-refractivity contribution in [2.45, 2.75) is 26.7 Å². The zero-order valence-electron chi connectivity index (χ0n) is 9.88. The summed E-state index contributed by atoms with van der Waals surface area (Å²) in [5.74, 6) is -0.531. The summed E-state index contributed by atoms with van der Waals surface area (Å²) < 4.78 is 9.88. The minimum absolute atomic E-state index is 0.138. The Morgan fingerprint density at radius 1 is 1.25 bits per heavy atom. The second kappa shape index (κ2) is 8.91. The topological polar surface area (TPSA) is 64.6 Å². The molecule has 16 heavy (non-hydrogen) atoms. The number of carbonyl (C=O) groups is 2. The molecule has 0 spiro atoms. The van der Waals surface area contributed by atoms with E-state index in [9.17, 15) is 9.59 Å². The van der Waals surface area contributed by atoms with E-state index in [-0.39, 0.29) is 12.2 Å². The van der Waals surface area contributed by atoms with Crippen LogP contribution < -0.4 is 5.32 Å². The molecule has 0 aromatic heterocycles. The Bertz CT molecular complexity index is 250. The Hall–Kier alpha value is -1.36. The third kappa shape index (κ3) is 7.99. The van der Waals surface area contributed by atoms with Crippen molar-refractivity contribution < 1.29 is 19.1 Å². The van der Waals surface area contributed by atoms with E-state index >= 15 is 0 Å². The van der Waals surface area contributed by atoms with E-state index in [0.717, 1.165) is 12.8 Å². The Labute approximate surface area is 95.8 Å². The molecule has 0 bridgehead atoms. The number of nitrogens with one attached hydrogen (secondary N) is 1. The van der Waals surface area contributed by atoms with Crippen LogP contribution in [0.5, 0.6) is 0 Å². The van der Waals surface area contributed by atoms with Gasteiger partial charge in [-0.1, -0.05) is 19.9 Å². The van der Waals surface area contributed by atoms with Gasteiger partial charge in [-0.05, 0) is 13.3 Å². The van der Waals surface area contributed by atoms with E-state index in [1.165, 1.54) is 6.92 Å². The minimum atomic E-state index is -0.771. The molecule has 0 aliphatic heterocycles. The maximum atomic E-state index is 11.0. The predicted molar refractivity (Wildman–Crippen MR) is 60.0 cm³/mol. The first-order valence-electron chi connectivity index (χ1n) is 5.29. The summed E-state index contributed by atoms with van der Waals surface area (Å²) in [7, 11) is 0. The van der Waals surface area contributed by atoms with Crippen LogP contribution in [0.3, 0.4) is 0 Å². The first-order valence-corrected chi connectivity index (χ1v) is 5.29. The van der Waals surface area contributed by atoms with Crippen molar-refractivity contribution in [2.75, 3.05) is 19.8 Å². The van der Waals surface area contributed by atoms with E-state index in [1.54, 1.807) is 0 Å². The molecule has 0 saturated carbocycles. The second-order valence-corrected chi connectivity index (χ2v) is 3.34. The van der Waals surface area contributed by atoms with Crippen LogP contribution in [-0.2, 0) is 14.3 Å². The Kier molecular flexibility index (Phi) is 8.15. The lowest BCUT2D eigenvalue weighted by atomic mass is 10.3. The number of rotatable bonds is 7. The highest BCUT2D eigenvalue weighted by atomic mass is 16.6. The largest absolute Gasteiger partial charge is 0.447 e. The van der Waals surface area contributed by atoms with Gasteiger partial charge >= 0.3 is 6.09 Å². The number of amides is 2. The molecule has 5 nitrogen and oxygen atoms in total. The quantitative estimate of drug-likeness (QED) is 0.532. The van der Waals surface area contributed by atoms with Gasteiger partial charge in [-0.15, -0.1) is 0 Å². The van der Waals surface area contributed by atoms with Crippen LogP contribution in [-0.4, -0.2) is 31.8 Å². The average molecular weight is 229 g/mol. The van der Waals surface area contributed by atoms with Crippen LogP contribution in [0.15, 0.2) is 12.2 Å². The van der Waals surface area contributed by atoms with E-state index in [0.29, 0.717) is 13.2 Å². The lowest BCUT2D eigenvalue weighted by Crippen LogP contribution is -2.32. The number of imide groups is 1. The third-order valence-corrected chi connectivity index (χ3v) is 1.71. The van der Waals surface area contributed by atoms with E-state index in [4.69, 9.17) is 9.47 Å². The molecule has 0 unspecified atom stereocenters. The van der Waals surface area contributed by atoms with Crippen LogP contribution in [0.1, 0.15) is 26.7 Å². The van der Waals surface area contributed by atoms with Gasteiger partial charge in [0.15, 0.2) is 0 Å². The fourth-order valence-corrected chi connectivity index (χ4v) is 0.777. The summed E-state index contributed by atoms with van der Waals surface area (Å²) in [4.78, 5) is 22.0. The molecule has 0 aromatic rings. The summed E-state index contributed by atoms with van der Waals surface area (Å²) in [5, 5.41) is 2.03. The van der Waals surface area contributed by atoms with Gasteiger partial charge in [0.1, 0.15) is 6.61 Å². The van der Waals surface area contributed by atoms with Crippen LogP contribution >= 0.6 is 0 Å². The molecule has 5 heteroatoms. The summed E-state index contributed by atoms with van der Waals surface area (Å²) >= 11 is 0. The molecular weight excluding hydrogens is 210 g/mol. The fourth-order valence-electron chi connectivity index (χ4n) is 0.777. The molecule has 1 N–H and O–H groups in total. The molecule has 92 valence electrons. The van der Waals surface area contributed by atoms with E-state index in [1.807, 2.05) is 5.32 Å². The zero-order chi connectivity index (χ0) is 12.4. The number of alkyl carbamates (subject to hydrolysis) is 1. The van der Waals surface area contributed by atoms with Crippen LogP contribution in [0, 0.1) is 0 Å². The fraction of sp³-hybridized carbons (Fsp3) is 0.636. The molecule has 0 aliphatic carbocycles.